The average molecular weight is 340 g/mol. The Morgan fingerprint density at radius 2 is 1.83 bits per heavy atom. The lowest BCUT2D eigenvalue weighted by molar-refractivity contribution is 0.0964. The smallest absolute Gasteiger partial charge is 0.259 e. The van der Waals surface area contributed by atoms with Crippen LogP contribution in [0.1, 0.15) is 26.4 Å². The van der Waals surface area contributed by atoms with Crippen LogP contribution in [-0.2, 0) is 0 Å². The van der Waals surface area contributed by atoms with Crippen LogP contribution in [0.5, 0.6) is 0 Å². The number of rotatable bonds is 4. The van der Waals surface area contributed by atoms with Gasteiger partial charge in [-0.15, -0.1) is 11.3 Å². The number of amides is 2. The van der Waals surface area contributed by atoms with Crippen molar-refractivity contribution in [2.75, 3.05) is 12.4 Å². The van der Waals surface area contributed by atoms with E-state index >= 15 is 0 Å². The Labute approximate surface area is 143 Å². The fourth-order valence-corrected chi connectivity index (χ4v) is 3.13. The predicted molar refractivity (Wildman–Crippen MR) is 94.0 cm³/mol. The van der Waals surface area contributed by atoms with Crippen molar-refractivity contribution in [3.63, 3.8) is 0 Å². The zero-order valence-corrected chi connectivity index (χ0v) is 14.1. The third-order valence-electron chi connectivity index (χ3n) is 3.62. The first-order chi connectivity index (χ1) is 11.6. The minimum Gasteiger partial charge on any atom is -0.355 e. The number of hydrogen-bond donors (Lipinski definition) is 2. The molecule has 2 aromatic heterocycles. The van der Waals surface area contributed by atoms with Gasteiger partial charge in [0.25, 0.3) is 11.8 Å². The van der Waals surface area contributed by atoms with E-state index in [2.05, 4.69) is 15.7 Å². The van der Waals surface area contributed by atoms with Gasteiger partial charge in [-0.3, -0.25) is 9.59 Å². The minimum atomic E-state index is -0.290. The molecule has 0 aliphatic rings. The summed E-state index contributed by atoms with van der Waals surface area (Å²) in [5.74, 6) is -0.523. The first-order valence-corrected chi connectivity index (χ1v) is 8.20. The van der Waals surface area contributed by atoms with E-state index in [0.717, 1.165) is 11.4 Å². The summed E-state index contributed by atoms with van der Waals surface area (Å²) in [5, 5.41) is 11.9. The molecule has 122 valence electrons. The zero-order chi connectivity index (χ0) is 17.1. The molecule has 0 aliphatic heterocycles. The Morgan fingerprint density at radius 3 is 2.54 bits per heavy atom. The number of anilines is 1. The van der Waals surface area contributed by atoms with Gasteiger partial charge in [0.1, 0.15) is 5.00 Å². The van der Waals surface area contributed by atoms with E-state index in [1.165, 1.54) is 17.5 Å². The summed E-state index contributed by atoms with van der Waals surface area (Å²) in [5.41, 5.74) is 2.53. The highest BCUT2D eigenvalue weighted by atomic mass is 32.1. The lowest BCUT2D eigenvalue weighted by atomic mass is 10.2. The molecular weight excluding hydrogens is 324 g/mol. The highest BCUT2D eigenvalue weighted by Crippen LogP contribution is 2.24. The van der Waals surface area contributed by atoms with Crippen LogP contribution < -0.4 is 10.6 Å². The Kier molecular flexibility index (Phi) is 4.43. The van der Waals surface area contributed by atoms with Gasteiger partial charge in [0, 0.05) is 7.05 Å². The van der Waals surface area contributed by atoms with E-state index in [0.29, 0.717) is 16.1 Å². The summed E-state index contributed by atoms with van der Waals surface area (Å²) in [6.07, 6.45) is 1.53. The maximum absolute atomic E-state index is 12.6. The highest BCUT2D eigenvalue weighted by molar-refractivity contribution is 7.14. The first kappa shape index (κ1) is 15.9. The van der Waals surface area contributed by atoms with E-state index in [4.69, 9.17) is 0 Å². The second kappa shape index (κ2) is 6.67. The van der Waals surface area contributed by atoms with Gasteiger partial charge in [-0.1, -0.05) is 18.2 Å². The standard InChI is InChI=1S/C17H16N4O2S/c1-11-14(10-19-21(11)12-6-4-3-5-7-12)16(23)20-17-13(8-9-24-17)15(22)18-2/h3-10H,1-2H3,(H,18,22)(H,20,23). The van der Waals surface area contributed by atoms with E-state index in [-0.39, 0.29) is 11.8 Å². The molecule has 0 saturated heterocycles. The number of carbonyl (C=O) groups excluding carboxylic acids is 2. The lowest BCUT2D eigenvalue weighted by Gasteiger charge is -2.07. The summed E-state index contributed by atoms with van der Waals surface area (Å²) in [7, 11) is 1.56. The highest BCUT2D eigenvalue weighted by Gasteiger charge is 2.18. The van der Waals surface area contributed by atoms with Crippen molar-refractivity contribution in [1.29, 1.82) is 0 Å². The largest absolute Gasteiger partial charge is 0.355 e. The zero-order valence-electron chi connectivity index (χ0n) is 13.2. The molecular formula is C17H16N4O2S. The van der Waals surface area contributed by atoms with Gasteiger partial charge in [-0.25, -0.2) is 4.68 Å². The maximum Gasteiger partial charge on any atom is 0.259 e. The quantitative estimate of drug-likeness (QED) is 0.767. The number of nitrogens with zero attached hydrogens (tertiary/aromatic N) is 2. The van der Waals surface area contributed by atoms with Crippen LogP contribution in [0.2, 0.25) is 0 Å². The number of hydrogen-bond acceptors (Lipinski definition) is 4. The predicted octanol–water partition coefficient (Wildman–Crippen LogP) is 2.85. The molecule has 3 rings (SSSR count). The van der Waals surface area contributed by atoms with Gasteiger partial charge in [-0.2, -0.15) is 5.10 Å². The Balaban J connectivity index is 1.86. The summed E-state index contributed by atoms with van der Waals surface area (Å²) in [6, 6.07) is 11.3. The number of carbonyl (C=O) groups is 2. The van der Waals surface area contributed by atoms with Crippen LogP contribution in [0.25, 0.3) is 5.69 Å². The third kappa shape index (κ3) is 2.93. The average Bonchev–Trinajstić information content (AvgIpc) is 3.21. The van der Waals surface area contributed by atoms with Crippen LogP contribution in [0.3, 0.4) is 0 Å². The summed E-state index contributed by atoms with van der Waals surface area (Å²) in [4.78, 5) is 24.3. The summed E-state index contributed by atoms with van der Waals surface area (Å²) in [6.45, 7) is 1.84. The maximum atomic E-state index is 12.6. The van der Waals surface area contributed by atoms with Gasteiger partial charge >= 0.3 is 0 Å². The van der Waals surface area contributed by atoms with E-state index in [1.54, 1.807) is 23.2 Å². The molecule has 2 heterocycles. The minimum absolute atomic E-state index is 0.233. The van der Waals surface area contributed by atoms with Crippen LogP contribution in [0.15, 0.2) is 48.0 Å². The van der Waals surface area contributed by atoms with Crippen LogP contribution in [-0.4, -0.2) is 28.6 Å². The number of benzene rings is 1. The fourth-order valence-electron chi connectivity index (χ4n) is 2.35. The van der Waals surface area contributed by atoms with Crippen molar-refractivity contribution in [3.8, 4) is 5.69 Å². The summed E-state index contributed by atoms with van der Waals surface area (Å²) >= 11 is 1.31. The molecule has 0 radical (unpaired) electrons. The van der Waals surface area contributed by atoms with Crippen molar-refractivity contribution in [1.82, 2.24) is 15.1 Å². The number of thiophene rings is 1. The molecule has 0 atom stereocenters. The van der Waals surface area contributed by atoms with Crippen LogP contribution >= 0.6 is 11.3 Å². The van der Waals surface area contributed by atoms with Gasteiger partial charge in [0.2, 0.25) is 0 Å². The summed E-state index contributed by atoms with van der Waals surface area (Å²) < 4.78 is 1.71. The molecule has 0 fully saturated rings. The van der Waals surface area contributed by atoms with E-state index < -0.39 is 0 Å². The van der Waals surface area contributed by atoms with Crippen molar-refractivity contribution in [2.24, 2.45) is 0 Å². The molecule has 3 aromatic rings. The lowest BCUT2D eigenvalue weighted by Crippen LogP contribution is -2.20. The Morgan fingerprint density at radius 1 is 1.08 bits per heavy atom. The topological polar surface area (TPSA) is 76.0 Å². The molecule has 0 unspecified atom stereocenters. The van der Waals surface area contributed by atoms with Crippen LogP contribution in [0.4, 0.5) is 5.00 Å². The molecule has 2 amide bonds. The fraction of sp³-hybridized carbons (Fsp3) is 0.118. The van der Waals surface area contributed by atoms with Crippen LogP contribution in [0, 0.1) is 6.92 Å². The molecule has 24 heavy (non-hydrogen) atoms. The second-order valence-corrected chi connectivity index (χ2v) is 6.00. The first-order valence-electron chi connectivity index (χ1n) is 7.32. The normalized spacial score (nSPS) is 10.4. The third-order valence-corrected chi connectivity index (χ3v) is 4.45. The Bertz CT molecular complexity index is 883. The molecule has 7 heteroatoms. The number of aromatic nitrogens is 2. The second-order valence-electron chi connectivity index (χ2n) is 5.09. The SMILES string of the molecule is CNC(=O)c1ccsc1NC(=O)c1cnn(-c2ccccc2)c1C. The van der Waals surface area contributed by atoms with Gasteiger partial charge in [0.05, 0.1) is 28.7 Å². The molecule has 2 N–H and O–H groups in total. The van der Waals surface area contributed by atoms with Crippen molar-refractivity contribution >= 4 is 28.2 Å². The number of nitrogens with one attached hydrogen (secondary N) is 2. The van der Waals surface area contributed by atoms with Gasteiger partial charge in [0.15, 0.2) is 0 Å². The molecule has 0 bridgehead atoms. The molecule has 1 aromatic carbocycles. The van der Waals surface area contributed by atoms with Crippen molar-refractivity contribution in [3.05, 3.63) is 64.8 Å². The Hall–Kier alpha value is -2.93. The van der Waals surface area contributed by atoms with E-state index in [1.807, 2.05) is 37.3 Å². The molecule has 0 saturated carbocycles. The van der Waals surface area contributed by atoms with Gasteiger partial charge < -0.3 is 10.6 Å². The molecule has 0 spiro atoms. The molecule has 6 nitrogen and oxygen atoms in total. The van der Waals surface area contributed by atoms with Crippen molar-refractivity contribution < 1.29 is 9.59 Å². The van der Waals surface area contributed by atoms with Gasteiger partial charge in [-0.05, 0) is 30.5 Å². The monoisotopic (exact) mass is 340 g/mol. The number of para-hydroxylation sites is 1. The molecule has 0 aliphatic carbocycles. The van der Waals surface area contributed by atoms with E-state index in [9.17, 15) is 9.59 Å². The van der Waals surface area contributed by atoms with Crippen molar-refractivity contribution in [2.45, 2.75) is 6.92 Å².